The third-order valence-corrected chi connectivity index (χ3v) is 3.90. The van der Waals surface area contributed by atoms with E-state index in [0.29, 0.717) is 23.4 Å². The van der Waals surface area contributed by atoms with Crippen LogP contribution in [-0.2, 0) is 11.2 Å². The molecule has 2 amide bonds. The molecule has 5 nitrogen and oxygen atoms in total. The zero-order valence-corrected chi connectivity index (χ0v) is 14.5. The van der Waals surface area contributed by atoms with Gasteiger partial charge in [-0.05, 0) is 48.9 Å². The molecule has 1 aromatic heterocycles. The molecule has 132 valence electrons. The van der Waals surface area contributed by atoms with E-state index in [4.69, 9.17) is 4.42 Å². The monoisotopic (exact) mass is 348 g/mol. The summed E-state index contributed by atoms with van der Waals surface area (Å²) in [5.41, 5.74) is 2.68. The van der Waals surface area contributed by atoms with Crippen LogP contribution in [0.3, 0.4) is 0 Å². The second-order valence-electron chi connectivity index (χ2n) is 6.00. The van der Waals surface area contributed by atoms with Crippen molar-refractivity contribution in [2.75, 3.05) is 10.6 Å². The Morgan fingerprint density at radius 2 is 1.81 bits per heavy atom. The molecule has 0 aliphatic rings. The Labute approximate surface area is 152 Å². The van der Waals surface area contributed by atoms with Gasteiger partial charge in [-0.2, -0.15) is 0 Å². The van der Waals surface area contributed by atoms with Crippen LogP contribution in [-0.4, -0.2) is 11.8 Å². The smallest absolute Gasteiger partial charge is 0.257 e. The Morgan fingerprint density at radius 1 is 0.962 bits per heavy atom. The molecule has 0 saturated carbocycles. The highest BCUT2D eigenvalue weighted by atomic mass is 16.3. The van der Waals surface area contributed by atoms with Crippen molar-refractivity contribution in [1.82, 2.24) is 0 Å². The number of rotatable bonds is 6. The summed E-state index contributed by atoms with van der Waals surface area (Å²) in [5, 5.41) is 5.67. The maximum absolute atomic E-state index is 12.6. The molecule has 0 atom stereocenters. The van der Waals surface area contributed by atoms with Crippen molar-refractivity contribution >= 4 is 23.2 Å². The minimum absolute atomic E-state index is 0.169. The fraction of sp³-hybridized carbons (Fsp3) is 0.143. The normalized spacial score (nSPS) is 10.3. The van der Waals surface area contributed by atoms with Crippen LogP contribution in [0.15, 0.2) is 71.3 Å². The van der Waals surface area contributed by atoms with E-state index >= 15 is 0 Å². The predicted molar refractivity (Wildman–Crippen MR) is 101 cm³/mol. The van der Waals surface area contributed by atoms with E-state index < -0.39 is 0 Å². The maximum Gasteiger partial charge on any atom is 0.257 e. The third kappa shape index (κ3) is 4.60. The number of aryl methyl sites for hydroxylation is 2. The first-order chi connectivity index (χ1) is 12.6. The van der Waals surface area contributed by atoms with Crippen molar-refractivity contribution in [2.45, 2.75) is 19.8 Å². The molecular formula is C21H20N2O3. The summed E-state index contributed by atoms with van der Waals surface area (Å²) in [6.07, 6.45) is 2.37. The van der Waals surface area contributed by atoms with Gasteiger partial charge in [-0.3, -0.25) is 9.59 Å². The lowest BCUT2D eigenvalue weighted by Crippen LogP contribution is -2.18. The van der Waals surface area contributed by atoms with Crippen LogP contribution in [0.25, 0.3) is 0 Å². The van der Waals surface area contributed by atoms with E-state index in [2.05, 4.69) is 10.6 Å². The second-order valence-corrected chi connectivity index (χ2v) is 6.00. The first-order valence-corrected chi connectivity index (χ1v) is 8.41. The third-order valence-electron chi connectivity index (χ3n) is 3.90. The minimum Gasteiger partial charge on any atom is -0.469 e. The number of carbonyl (C=O) groups is 2. The van der Waals surface area contributed by atoms with E-state index in [0.717, 1.165) is 11.3 Å². The lowest BCUT2D eigenvalue weighted by atomic mass is 10.1. The van der Waals surface area contributed by atoms with Gasteiger partial charge in [0, 0.05) is 18.5 Å². The average Bonchev–Trinajstić information content (AvgIpc) is 3.14. The van der Waals surface area contributed by atoms with Crippen LogP contribution in [0.4, 0.5) is 11.4 Å². The fourth-order valence-corrected chi connectivity index (χ4v) is 2.62. The van der Waals surface area contributed by atoms with Crippen molar-refractivity contribution in [3.63, 3.8) is 0 Å². The van der Waals surface area contributed by atoms with Crippen molar-refractivity contribution in [3.05, 3.63) is 83.8 Å². The van der Waals surface area contributed by atoms with Crippen LogP contribution < -0.4 is 10.6 Å². The average molecular weight is 348 g/mol. The number of nitrogens with one attached hydrogen (secondary N) is 2. The van der Waals surface area contributed by atoms with Gasteiger partial charge in [0.25, 0.3) is 5.91 Å². The SMILES string of the molecule is Cc1cccc(NC(=O)c2ccccc2NC(=O)CCc2ccco2)c1. The summed E-state index contributed by atoms with van der Waals surface area (Å²) in [6, 6.07) is 18.1. The molecule has 0 radical (unpaired) electrons. The molecule has 0 bridgehead atoms. The molecule has 0 aliphatic carbocycles. The summed E-state index contributed by atoms with van der Waals surface area (Å²) in [7, 11) is 0. The lowest BCUT2D eigenvalue weighted by molar-refractivity contribution is -0.116. The van der Waals surface area contributed by atoms with E-state index in [1.54, 1.807) is 36.6 Å². The van der Waals surface area contributed by atoms with Gasteiger partial charge in [0.15, 0.2) is 0 Å². The van der Waals surface area contributed by atoms with Crippen molar-refractivity contribution in [3.8, 4) is 0 Å². The highest BCUT2D eigenvalue weighted by Gasteiger charge is 2.13. The van der Waals surface area contributed by atoms with Crippen LogP contribution in [0.5, 0.6) is 0 Å². The number of hydrogen-bond acceptors (Lipinski definition) is 3. The van der Waals surface area contributed by atoms with Crippen molar-refractivity contribution in [1.29, 1.82) is 0 Å². The number of furan rings is 1. The van der Waals surface area contributed by atoms with E-state index in [9.17, 15) is 9.59 Å². The molecule has 3 rings (SSSR count). The summed E-state index contributed by atoms with van der Waals surface area (Å²) in [4.78, 5) is 24.8. The fourth-order valence-electron chi connectivity index (χ4n) is 2.62. The molecule has 1 heterocycles. The minimum atomic E-state index is -0.266. The Hall–Kier alpha value is -3.34. The molecule has 5 heteroatoms. The van der Waals surface area contributed by atoms with Gasteiger partial charge >= 0.3 is 0 Å². The van der Waals surface area contributed by atoms with Gasteiger partial charge in [-0.25, -0.2) is 0 Å². The maximum atomic E-state index is 12.6. The molecule has 0 unspecified atom stereocenters. The number of anilines is 2. The highest BCUT2D eigenvalue weighted by molar-refractivity contribution is 6.10. The number of hydrogen-bond donors (Lipinski definition) is 2. The van der Waals surface area contributed by atoms with Crippen LogP contribution in [0.1, 0.15) is 28.1 Å². The van der Waals surface area contributed by atoms with Gasteiger partial charge in [-0.15, -0.1) is 0 Å². The number of carbonyl (C=O) groups excluding carboxylic acids is 2. The van der Waals surface area contributed by atoms with Crippen LogP contribution in [0.2, 0.25) is 0 Å². The number of amides is 2. The van der Waals surface area contributed by atoms with Gasteiger partial charge in [0.2, 0.25) is 5.91 Å². The first-order valence-electron chi connectivity index (χ1n) is 8.41. The molecule has 0 fully saturated rings. The Kier molecular flexibility index (Phi) is 5.49. The zero-order chi connectivity index (χ0) is 18.4. The Morgan fingerprint density at radius 3 is 2.58 bits per heavy atom. The van der Waals surface area contributed by atoms with Crippen molar-refractivity contribution < 1.29 is 14.0 Å². The van der Waals surface area contributed by atoms with Gasteiger partial charge in [-0.1, -0.05) is 24.3 Å². The summed E-state index contributed by atoms with van der Waals surface area (Å²) >= 11 is 0. The zero-order valence-electron chi connectivity index (χ0n) is 14.5. The molecule has 3 aromatic rings. The molecule has 26 heavy (non-hydrogen) atoms. The van der Waals surface area contributed by atoms with Gasteiger partial charge in [0.05, 0.1) is 17.5 Å². The highest BCUT2D eigenvalue weighted by Crippen LogP contribution is 2.18. The van der Waals surface area contributed by atoms with Crippen LogP contribution >= 0.6 is 0 Å². The van der Waals surface area contributed by atoms with E-state index in [1.807, 2.05) is 37.3 Å². The lowest BCUT2D eigenvalue weighted by Gasteiger charge is -2.11. The number of benzene rings is 2. The standard InChI is InChI=1S/C21H20N2O3/c1-15-6-4-7-16(14-15)22-21(25)18-9-2-3-10-19(18)23-20(24)12-11-17-8-5-13-26-17/h2-10,13-14H,11-12H2,1H3,(H,22,25)(H,23,24). The molecule has 2 N–H and O–H groups in total. The first kappa shape index (κ1) is 17.5. The molecule has 0 spiro atoms. The quantitative estimate of drug-likeness (QED) is 0.693. The largest absolute Gasteiger partial charge is 0.469 e. The second kappa shape index (κ2) is 8.16. The van der Waals surface area contributed by atoms with E-state index in [-0.39, 0.29) is 18.2 Å². The molecule has 0 saturated heterocycles. The Balaban J connectivity index is 1.67. The van der Waals surface area contributed by atoms with E-state index in [1.165, 1.54) is 0 Å². The summed E-state index contributed by atoms with van der Waals surface area (Å²) < 4.78 is 5.23. The van der Waals surface area contributed by atoms with Gasteiger partial charge < -0.3 is 15.1 Å². The molecule has 0 aliphatic heterocycles. The van der Waals surface area contributed by atoms with Crippen LogP contribution in [0, 0.1) is 6.92 Å². The predicted octanol–water partition coefficient (Wildman–Crippen LogP) is 4.41. The van der Waals surface area contributed by atoms with Crippen molar-refractivity contribution in [2.24, 2.45) is 0 Å². The summed E-state index contributed by atoms with van der Waals surface area (Å²) in [5.74, 6) is 0.320. The molecular weight excluding hydrogens is 328 g/mol. The Bertz CT molecular complexity index is 901. The topological polar surface area (TPSA) is 71.3 Å². The number of para-hydroxylation sites is 1. The molecule has 2 aromatic carbocycles. The van der Waals surface area contributed by atoms with Gasteiger partial charge in [0.1, 0.15) is 5.76 Å². The summed E-state index contributed by atoms with van der Waals surface area (Å²) in [6.45, 7) is 1.96.